The molecule has 1 saturated heterocycles. The number of primary amides is 1. The van der Waals surface area contributed by atoms with Gasteiger partial charge in [0.1, 0.15) is 11.3 Å². The molecule has 0 atom stereocenters. The number of carbonyl (C=O) groups is 2. The third-order valence-electron chi connectivity index (χ3n) is 4.27. The van der Waals surface area contributed by atoms with Gasteiger partial charge >= 0.3 is 0 Å². The van der Waals surface area contributed by atoms with Crippen LogP contribution >= 0.6 is 0 Å². The maximum absolute atomic E-state index is 12.6. The number of piperidine rings is 1. The van der Waals surface area contributed by atoms with Gasteiger partial charge in [0.25, 0.3) is 11.8 Å². The Hall–Kier alpha value is -2.90. The third kappa shape index (κ3) is 3.08. The molecular weight excluding hydrogens is 310 g/mol. The molecule has 3 rings (SSSR count). The lowest BCUT2D eigenvalue weighted by Gasteiger charge is -2.31. The third-order valence-corrected chi connectivity index (χ3v) is 4.27. The second kappa shape index (κ2) is 6.69. The van der Waals surface area contributed by atoms with Crippen molar-refractivity contribution in [3.05, 3.63) is 41.3 Å². The Kier molecular flexibility index (Phi) is 4.45. The molecule has 0 bridgehead atoms. The molecule has 8 nitrogen and oxygen atoms in total. The van der Waals surface area contributed by atoms with Crippen molar-refractivity contribution < 1.29 is 14.3 Å². The number of hydrogen-bond acceptors (Lipinski definition) is 5. The van der Waals surface area contributed by atoms with Gasteiger partial charge in [-0.05, 0) is 31.0 Å². The number of H-pyrrole nitrogens is 1. The molecule has 0 spiro atoms. The van der Waals surface area contributed by atoms with Gasteiger partial charge in [-0.2, -0.15) is 5.10 Å². The van der Waals surface area contributed by atoms with Crippen LogP contribution in [0.1, 0.15) is 45.3 Å². The molecule has 3 N–H and O–H groups in total. The van der Waals surface area contributed by atoms with Crippen molar-refractivity contribution in [2.24, 2.45) is 5.73 Å². The fourth-order valence-corrected chi connectivity index (χ4v) is 2.95. The Balaban J connectivity index is 1.66. The first-order chi connectivity index (χ1) is 11.6. The minimum Gasteiger partial charge on any atom is -0.480 e. The van der Waals surface area contributed by atoms with Crippen molar-refractivity contribution in [1.82, 2.24) is 20.1 Å². The highest BCUT2D eigenvalue weighted by atomic mass is 16.5. The molecule has 0 aliphatic carbocycles. The predicted octanol–water partition coefficient (Wildman–Crippen LogP) is 0.932. The van der Waals surface area contributed by atoms with Crippen LogP contribution in [0.3, 0.4) is 0 Å². The summed E-state index contributed by atoms with van der Waals surface area (Å²) in [5, 5.41) is 6.78. The van der Waals surface area contributed by atoms with E-state index in [1.54, 1.807) is 29.3 Å². The molecule has 8 heteroatoms. The number of rotatable bonds is 4. The predicted molar refractivity (Wildman–Crippen MR) is 85.8 cm³/mol. The highest BCUT2D eigenvalue weighted by Gasteiger charge is 2.27. The van der Waals surface area contributed by atoms with E-state index in [4.69, 9.17) is 10.5 Å². The molecular formula is C16H19N5O3. The molecule has 2 aromatic rings. The van der Waals surface area contributed by atoms with Crippen molar-refractivity contribution in [2.75, 3.05) is 20.2 Å². The van der Waals surface area contributed by atoms with Gasteiger partial charge in [-0.3, -0.25) is 14.7 Å². The van der Waals surface area contributed by atoms with E-state index >= 15 is 0 Å². The number of carbonyl (C=O) groups excluding carboxylic acids is 2. The van der Waals surface area contributed by atoms with Crippen LogP contribution in [0.25, 0.3) is 0 Å². The fraction of sp³-hybridized carbons (Fsp3) is 0.375. The Labute approximate surface area is 139 Å². The summed E-state index contributed by atoms with van der Waals surface area (Å²) in [5.74, 6) is -0.0654. The molecule has 2 amide bonds. The molecule has 1 aliphatic heterocycles. The first-order valence-corrected chi connectivity index (χ1v) is 7.73. The zero-order valence-electron chi connectivity index (χ0n) is 13.4. The van der Waals surface area contributed by atoms with Gasteiger partial charge in [0.15, 0.2) is 0 Å². The van der Waals surface area contributed by atoms with Gasteiger partial charge < -0.3 is 15.4 Å². The van der Waals surface area contributed by atoms with Gasteiger partial charge in [0.05, 0.1) is 7.11 Å². The SMILES string of the molecule is COc1ncccc1C(=O)N1CCC(c2cc(C(N)=O)n[nH]2)CC1. The van der Waals surface area contributed by atoms with Crippen LogP contribution in [0.2, 0.25) is 0 Å². The topological polar surface area (TPSA) is 114 Å². The number of ether oxygens (including phenoxy) is 1. The van der Waals surface area contributed by atoms with E-state index < -0.39 is 5.91 Å². The van der Waals surface area contributed by atoms with Crippen molar-refractivity contribution in [1.29, 1.82) is 0 Å². The zero-order chi connectivity index (χ0) is 17.1. The summed E-state index contributed by atoms with van der Waals surface area (Å²) >= 11 is 0. The van der Waals surface area contributed by atoms with Crippen molar-refractivity contribution in [3.8, 4) is 5.88 Å². The van der Waals surface area contributed by atoms with Crippen LogP contribution in [0, 0.1) is 0 Å². The summed E-state index contributed by atoms with van der Waals surface area (Å²) in [5.41, 5.74) is 6.81. The number of amides is 2. The summed E-state index contributed by atoms with van der Waals surface area (Å²) in [4.78, 5) is 29.6. The molecule has 0 saturated carbocycles. The standard InChI is InChI=1S/C16H19N5O3/c1-24-15-11(3-2-6-18-15)16(23)21-7-4-10(5-8-21)12-9-13(14(17)22)20-19-12/h2-3,6,9-10H,4-5,7-8H2,1H3,(H2,17,22)(H,19,20). The monoisotopic (exact) mass is 329 g/mol. The number of likely N-dealkylation sites (tertiary alicyclic amines) is 1. The Morgan fingerprint density at radius 1 is 1.38 bits per heavy atom. The Morgan fingerprint density at radius 2 is 2.12 bits per heavy atom. The summed E-state index contributed by atoms with van der Waals surface area (Å²) in [6.07, 6.45) is 3.17. The number of methoxy groups -OCH3 is 1. The quantitative estimate of drug-likeness (QED) is 0.866. The van der Waals surface area contributed by atoms with Gasteiger partial charge in [-0.15, -0.1) is 0 Å². The summed E-state index contributed by atoms with van der Waals surface area (Å²) in [6, 6.07) is 5.13. The van der Waals surface area contributed by atoms with Crippen LogP contribution in [-0.2, 0) is 0 Å². The molecule has 3 heterocycles. The van der Waals surface area contributed by atoms with E-state index in [-0.39, 0.29) is 17.5 Å². The second-order valence-corrected chi connectivity index (χ2v) is 5.70. The van der Waals surface area contributed by atoms with Gasteiger partial charge in [-0.1, -0.05) is 0 Å². The molecule has 2 aromatic heterocycles. The van der Waals surface area contributed by atoms with Crippen LogP contribution in [0.5, 0.6) is 5.88 Å². The number of nitrogens with one attached hydrogen (secondary N) is 1. The van der Waals surface area contributed by atoms with Crippen molar-refractivity contribution >= 4 is 11.8 Å². The highest BCUT2D eigenvalue weighted by Crippen LogP contribution is 2.28. The zero-order valence-corrected chi connectivity index (χ0v) is 13.4. The van der Waals surface area contributed by atoms with Crippen LogP contribution in [-0.4, -0.2) is 52.1 Å². The van der Waals surface area contributed by atoms with Crippen LogP contribution in [0.4, 0.5) is 0 Å². The first-order valence-electron chi connectivity index (χ1n) is 7.73. The smallest absolute Gasteiger partial charge is 0.269 e. The number of pyridine rings is 1. The maximum atomic E-state index is 12.6. The van der Waals surface area contributed by atoms with Gasteiger partial charge in [0.2, 0.25) is 5.88 Å². The number of aromatic nitrogens is 3. The van der Waals surface area contributed by atoms with E-state index in [9.17, 15) is 9.59 Å². The van der Waals surface area contributed by atoms with E-state index in [1.807, 2.05) is 0 Å². The maximum Gasteiger partial charge on any atom is 0.269 e. The van der Waals surface area contributed by atoms with E-state index in [0.717, 1.165) is 18.5 Å². The van der Waals surface area contributed by atoms with Crippen LogP contribution in [0.15, 0.2) is 24.4 Å². The van der Waals surface area contributed by atoms with Gasteiger partial charge in [0, 0.05) is 30.9 Å². The van der Waals surface area contributed by atoms with Crippen LogP contribution < -0.4 is 10.5 Å². The molecule has 0 radical (unpaired) electrons. The molecule has 1 aliphatic rings. The summed E-state index contributed by atoms with van der Waals surface area (Å²) < 4.78 is 5.16. The second-order valence-electron chi connectivity index (χ2n) is 5.70. The van der Waals surface area contributed by atoms with E-state index in [1.165, 1.54) is 7.11 Å². The average molecular weight is 329 g/mol. The summed E-state index contributed by atoms with van der Waals surface area (Å²) in [6.45, 7) is 1.24. The molecule has 1 fully saturated rings. The average Bonchev–Trinajstić information content (AvgIpc) is 3.11. The largest absolute Gasteiger partial charge is 0.480 e. The highest BCUT2D eigenvalue weighted by molar-refractivity contribution is 5.96. The number of hydrogen-bond donors (Lipinski definition) is 2. The fourth-order valence-electron chi connectivity index (χ4n) is 2.95. The lowest BCUT2D eigenvalue weighted by molar-refractivity contribution is 0.0707. The Morgan fingerprint density at radius 3 is 2.75 bits per heavy atom. The summed E-state index contributed by atoms with van der Waals surface area (Å²) in [7, 11) is 1.50. The molecule has 24 heavy (non-hydrogen) atoms. The van der Waals surface area contributed by atoms with E-state index in [0.29, 0.717) is 24.5 Å². The number of nitrogens with two attached hydrogens (primary N) is 1. The van der Waals surface area contributed by atoms with Crippen molar-refractivity contribution in [3.63, 3.8) is 0 Å². The minimum absolute atomic E-state index is 0.0826. The van der Waals surface area contributed by atoms with E-state index in [2.05, 4.69) is 15.2 Å². The minimum atomic E-state index is -0.547. The molecule has 126 valence electrons. The van der Waals surface area contributed by atoms with Gasteiger partial charge in [-0.25, -0.2) is 4.98 Å². The first kappa shape index (κ1) is 16.0. The van der Waals surface area contributed by atoms with Crippen molar-refractivity contribution in [2.45, 2.75) is 18.8 Å². The molecule has 0 aromatic carbocycles. The normalized spacial score (nSPS) is 15.3. The Bertz CT molecular complexity index is 750. The lowest BCUT2D eigenvalue weighted by atomic mass is 9.93. The lowest BCUT2D eigenvalue weighted by Crippen LogP contribution is -2.38. The molecule has 0 unspecified atom stereocenters. The number of aromatic amines is 1. The number of nitrogens with zero attached hydrogens (tertiary/aromatic N) is 3.